The van der Waals surface area contributed by atoms with Crippen LogP contribution in [-0.2, 0) is 16.1 Å². The smallest absolute Gasteiger partial charge is 0.325 e. The highest BCUT2D eigenvalue weighted by atomic mass is 16.6. The molecule has 0 fully saturated rings. The highest BCUT2D eigenvalue weighted by Crippen LogP contribution is 2.18. The number of carbonyl (C=O) groups excluding carboxylic acids is 1. The number of hydrogen-bond donors (Lipinski definition) is 2. The number of carbonyl (C=O) groups is 2. The van der Waals surface area contributed by atoms with Gasteiger partial charge in [0.2, 0.25) is 5.91 Å². The van der Waals surface area contributed by atoms with Crippen LogP contribution in [0.25, 0.3) is 6.08 Å². The van der Waals surface area contributed by atoms with E-state index in [1.54, 1.807) is 6.07 Å². The summed E-state index contributed by atoms with van der Waals surface area (Å²) >= 11 is 0. The van der Waals surface area contributed by atoms with Crippen LogP contribution in [0.4, 0.5) is 11.5 Å². The molecule has 0 atom stereocenters. The second-order valence-corrected chi connectivity index (χ2v) is 4.43. The number of amides is 1. The molecular weight excluding hydrogens is 304 g/mol. The molecule has 0 radical (unpaired) electrons. The first kappa shape index (κ1) is 15.9. The minimum atomic E-state index is -1.05. The van der Waals surface area contributed by atoms with E-state index in [9.17, 15) is 19.7 Å². The zero-order chi connectivity index (χ0) is 16.8. The zero-order valence-electron chi connectivity index (χ0n) is 11.7. The molecule has 23 heavy (non-hydrogen) atoms. The van der Waals surface area contributed by atoms with Crippen molar-refractivity contribution in [2.75, 3.05) is 5.32 Å². The Morgan fingerprint density at radius 2 is 2.09 bits per heavy atom. The Hall–Kier alpha value is -3.49. The standard InChI is InChI=1S/C14H12N4O5/c19-13(15-12-7-8-17(16-12)9-14(20)21)6-5-10-3-1-2-4-11(10)18(22)23/h1-8H,9H2,(H,20,21)(H,15,16,19)/b6-5+. The molecule has 0 unspecified atom stereocenters. The second kappa shape index (κ2) is 6.98. The van der Waals surface area contributed by atoms with Gasteiger partial charge in [-0.15, -0.1) is 0 Å². The van der Waals surface area contributed by atoms with Gasteiger partial charge in [-0.1, -0.05) is 12.1 Å². The van der Waals surface area contributed by atoms with Crippen molar-refractivity contribution in [3.63, 3.8) is 0 Å². The fraction of sp³-hybridized carbons (Fsp3) is 0.0714. The Morgan fingerprint density at radius 1 is 1.35 bits per heavy atom. The molecular formula is C14H12N4O5. The minimum Gasteiger partial charge on any atom is -0.480 e. The maximum atomic E-state index is 11.8. The third kappa shape index (κ3) is 4.49. The predicted molar refractivity (Wildman–Crippen MR) is 80.6 cm³/mol. The summed E-state index contributed by atoms with van der Waals surface area (Å²) in [6.07, 6.45) is 3.87. The molecule has 9 nitrogen and oxygen atoms in total. The van der Waals surface area contributed by atoms with Gasteiger partial charge in [0.15, 0.2) is 5.82 Å². The number of nitrogens with zero attached hydrogens (tertiary/aromatic N) is 3. The van der Waals surface area contributed by atoms with Crippen molar-refractivity contribution >= 4 is 29.5 Å². The molecule has 0 bridgehead atoms. The maximum Gasteiger partial charge on any atom is 0.325 e. The molecule has 0 saturated heterocycles. The van der Waals surface area contributed by atoms with Gasteiger partial charge in [-0.2, -0.15) is 5.10 Å². The maximum absolute atomic E-state index is 11.8. The van der Waals surface area contributed by atoms with Gasteiger partial charge in [-0.3, -0.25) is 24.4 Å². The number of para-hydroxylation sites is 1. The summed E-state index contributed by atoms with van der Waals surface area (Å²) in [5.74, 6) is -1.41. The number of aromatic nitrogens is 2. The number of carboxylic acids is 1. The van der Waals surface area contributed by atoms with Crippen molar-refractivity contribution in [2.45, 2.75) is 6.54 Å². The van der Waals surface area contributed by atoms with Crippen LogP contribution in [0, 0.1) is 10.1 Å². The molecule has 1 aromatic heterocycles. The summed E-state index contributed by atoms with van der Waals surface area (Å²) < 4.78 is 1.16. The fourth-order valence-corrected chi connectivity index (χ4v) is 1.78. The molecule has 0 saturated carbocycles. The monoisotopic (exact) mass is 316 g/mol. The van der Waals surface area contributed by atoms with Gasteiger partial charge in [-0.25, -0.2) is 0 Å². The first-order valence-electron chi connectivity index (χ1n) is 6.43. The lowest BCUT2D eigenvalue weighted by molar-refractivity contribution is -0.385. The Labute approximate surface area is 130 Å². The van der Waals surface area contributed by atoms with Crippen LogP contribution in [0.3, 0.4) is 0 Å². The molecule has 1 heterocycles. The quantitative estimate of drug-likeness (QED) is 0.472. The van der Waals surface area contributed by atoms with Gasteiger partial charge in [0.1, 0.15) is 6.54 Å². The molecule has 1 aromatic carbocycles. The lowest BCUT2D eigenvalue weighted by atomic mass is 10.1. The fourth-order valence-electron chi connectivity index (χ4n) is 1.78. The summed E-state index contributed by atoms with van der Waals surface area (Å²) in [7, 11) is 0. The number of nitro groups is 1. The average molecular weight is 316 g/mol. The number of aliphatic carboxylic acids is 1. The van der Waals surface area contributed by atoms with Gasteiger partial charge in [0.05, 0.1) is 10.5 Å². The summed E-state index contributed by atoms with van der Waals surface area (Å²) in [5, 5.41) is 25.8. The van der Waals surface area contributed by atoms with Crippen LogP contribution in [0.5, 0.6) is 0 Å². The highest BCUT2D eigenvalue weighted by Gasteiger charge is 2.10. The minimum absolute atomic E-state index is 0.109. The molecule has 0 aliphatic carbocycles. The van der Waals surface area contributed by atoms with Gasteiger partial charge in [0.25, 0.3) is 5.69 Å². The molecule has 1 amide bonds. The van der Waals surface area contributed by atoms with Crippen molar-refractivity contribution in [1.29, 1.82) is 0 Å². The predicted octanol–water partition coefficient (Wildman–Crippen LogP) is 1.53. The lowest BCUT2D eigenvalue weighted by Crippen LogP contribution is -2.11. The Morgan fingerprint density at radius 3 is 2.78 bits per heavy atom. The third-order valence-corrected chi connectivity index (χ3v) is 2.74. The third-order valence-electron chi connectivity index (χ3n) is 2.74. The van der Waals surface area contributed by atoms with Gasteiger partial charge >= 0.3 is 5.97 Å². The van der Waals surface area contributed by atoms with Crippen LogP contribution < -0.4 is 5.32 Å². The van der Waals surface area contributed by atoms with E-state index in [0.717, 1.165) is 10.8 Å². The van der Waals surface area contributed by atoms with E-state index >= 15 is 0 Å². The average Bonchev–Trinajstić information content (AvgIpc) is 2.91. The van der Waals surface area contributed by atoms with Crippen LogP contribution in [-0.4, -0.2) is 31.7 Å². The number of rotatable bonds is 6. The van der Waals surface area contributed by atoms with Crippen molar-refractivity contribution in [2.24, 2.45) is 0 Å². The van der Waals surface area contributed by atoms with E-state index in [2.05, 4.69) is 10.4 Å². The van der Waals surface area contributed by atoms with Gasteiger partial charge in [-0.05, 0) is 12.1 Å². The number of anilines is 1. The molecule has 2 aromatic rings. The van der Waals surface area contributed by atoms with E-state index in [1.165, 1.54) is 36.5 Å². The lowest BCUT2D eigenvalue weighted by Gasteiger charge is -1.98. The Bertz CT molecular complexity index is 781. The van der Waals surface area contributed by atoms with Crippen molar-refractivity contribution in [1.82, 2.24) is 9.78 Å². The number of nitrogens with one attached hydrogen (secondary N) is 1. The van der Waals surface area contributed by atoms with Crippen molar-refractivity contribution in [3.8, 4) is 0 Å². The number of carboxylic acid groups (broad SMARTS) is 1. The molecule has 118 valence electrons. The molecule has 0 spiro atoms. The largest absolute Gasteiger partial charge is 0.480 e. The van der Waals surface area contributed by atoms with E-state index in [-0.39, 0.29) is 18.1 Å². The normalized spacial score (nSPS) is 10.6. The molecule has 0 aliphatic heterocycles. The number of hydrogen-bond acceptors (Lipinski definition) is 5. The number of nitro benzene ring substituents is 1. The van der Waals surface area contributed by atoms with Crippen molar-refractivity contribution in [3.05, 3.63) is 58.3 Å². The SMILES string of the molecule is O=C(O)Cn1ccc(NC(=O)/C=C/c2ccccc2[N+](=O)[O-])n1. The Balaban J connectivity index is 2.03. The van der Waals surface area contributed by atoms with E-state index in [0.29, 0.717) is 5.56 Å². The molecule has 2 N–H and O–H groups in total. The van der Waals surface area contributed by atoms with E-state index in [4.69, 9.17) is 5.11 Å². The van der Waals surface area contributed by atoms with Gasteiger partial charge in [0, 0.05) is 24.4 Å². The summed E-state index contributed by atoms with van der Waals surface area (Å²) in [6, 6.07) is 7.46. The first-order chi connectivity index (χ1) is 11.0. The Kier molecular flexibility index (Phi) is 4.82. The number of benzene rings is 1. The summed E-state index contributed by atoms with van der Waals surface area (Å²) in [6.45, 7) is -0.318. The van der Waals surface area contributed by atoms with Crippen LogP contribution in [0.15, 0.2) is 42.6 Å². The topological polar surface area (TPSA) is 127 Å². The van der Waals surface area contributed by atoms with Crippen LogP contribution in [0.1, 0.15) is 5.56 Å². The van der Waals surface area contributed by atoms with Gasteiger partial charge < -0.3 is 10.4 Å². The first-order valence-corrected chi connectivity index (χ1v) is 6.43. The van der Waals surface area contributed by atoms with Crippen LogP contribution >= 0.6 is 0 Å². The summed E-state index contributed by atoms with van der Waals surface area (Å²) in [5.41, 5.74) is 0.186. The highest BCUT2D eigenvalue weighted by molar-refractivity contribution is 6.01. The van der Waals surface area contributed by atoms with Crippen molar-refractivity contribution < 1.29 is 19.6 Å². The van der Waals surface area contributed by atoms with E-state index in [1.807, 2.05) is 0 Å². The summed E-state index contributed by atoms with van der Waals surface area (Å²) in [4.78, 5) is 32.6. The van der Waals surface area contributed by atoms with Crippen LogP contribution in [0.2, 0.25) is 0 Å². The molecule has 2 rings (SSSR count). The zero-order valence-corrected chi connectivity index (χ0v) is 11.7. The second-order valence-electron chi connectivity index (χ2n) is 4.43. The molecule has 9 heteroatoms. The van der Waals surface area contributed by atoms with E-state index < -0.39 is 16.8 Å². The molecule has 0 aliphatic rings.